The first-order valence-corrected chi connectivity index (χ1v) is 7.40. The van der Waals surface area contributed by atoms with Gasteiger partial charge < -0.3 is 17.3 Å². The van der Waals surface area contributed by atoms with Gasteiger partial charge in [-0.3, -0.25) is 0 Å². The summed E-state index contributed by atoms with van der Waals surface area (Å²) in [5.74, 6) is 1.30. The number of aromatic nitrogens is 2. The number of aryl methyl sites for hydroxylation is 1. The van der Waals surface area contributed by atoms with Crippen molar-refractivity contribution < 1.29 is 21.8 Å². The van der Waals surface area contributed by atoms with E-state index in [9.17, 15) is 17.3 Å². The van der Waals surface area contributed by atoms with E-state index in [1.807, 2.05) is 0 Å². The molecule has 0 saturated carbocycles. The van der Waals surface area contributed by atoms with Crippen LogP contribution in [0, 0.1) is 6.92 Å². The number of hydrogen-bond donors (Lipinski definition) is 0. The number of unbranched alkanes of at least 4 members (excludes halogenated alkanes) is 4. The molecule has 1 rings (SSSR count). The van der Waals surface area contributed by atoms with Crippen molar-refractivity contribution in [2.75, 3.05) is 0 Å². The summed E-state index contributed by atoms with van der Waals surface area (Å²) < 4.78 is 43.4. The predicted octanol–water partition coefficient (Wildman–Crippen LogP) is 4.85. The average molecular weight is 308 g/mol. The van der Waals surface area contributed by atoms with Crippen LogP contribution in [0.25, 0.3) is 6.20 Å². The van der Waals surface area contributed by atoms with Crippen LogP contribution in [0.3, 0.4) is 0 Å². The molecule has 1 aromatic rings. The van der Waals surface area contributed by atoms with Crippen LogP contribution in [0.5, 0.6) is 0 Å². The van der Waals surface area contributed by atoms with Crippen LogP contribution in [0.2, 0.25) is 0 Å². The van der Waals surface area contributed by atoms with E-state index < -0.39 is 7.25 Å². The van der Waals surface area contributed by atoms with Crippen molar-refractivity contribution in [1.82, 2.24) is 4.57 Å². The molecular weight excluding hydrogens is 283 g/mol. The van der Waals surface area contributed by atoms with Crippen molar-refractivity contribution in [3.8, 4) is 0 Å². The van der Waals surface area contributed by atoms with Crippen molar-refractivity contribution in [1.29, 1.82) is 0 Å². The van der Waals surface area contributed by atoms with Crippen LogP contribution in [0.1, 0.15) is 51.8 Å². The van der Waals surface area contributed by atoms with Gasteiger partial charge in [-0.2, -0.15) is 0 Å². The van der Waals surface area contributed by atoms with E-state index in [2.05, 4.69) is 54.6 Å². The molecule has 0 aliphatic carbocycles. The normalized spacial score (nSPS) is 11.6. The van der Waals surface area contributed by atoms with Gasteiger partial charge in [-0.15, -0.1) is 0 Å². The minimum absolute atomic E-state index is 1.04. The molecule has 0 saturated heterocycles. The highest BCUT2D eigenvalue weighted by Crippen LogP contribution is 2.06. The molecular formula is C14H25BF4N2. The Morgan fingerprint density at radius 2 is 1.76 bits per heavy atom. The van der Waals surface area contributed by atoms with Crippen LogP contribution in [-0.2, 0) is 6.54 Å². The monoisotopic (exact) mass is 308 g/mol. The molecule has 0 bridgehead atoms. The quantitative estimate of drug-likeness (QED) is 0.295. The first-order chi connectivity index (χ1) is 9.79. The zero-order valence-corrected chi connectivity index (χ0v) is 13.0. The molecule has 122 valence electrons. The summed E-state index contributed by atoms with van der Waals surface area (Å²) in [7, 11) is -6.00. The van der Waals surface area contributed by atoms with Crippen molar-refractivity contribution in [3.05, 3.63) is 24.3 Å². The molecule has 1 aromatic heterocycles. The van der Waals surface area contributed by atoms with Crippen LogP contribution in [-0.4, -0.2) is 11.8 Å². The van der Waals surface area contributed by atoms with Gasteiger partial charge in [0.15, 0.2) is 0 Å². The maximum absolute atomic E-state index is 9.75. The van der Waals surface area contributed by atoms with Crippen molar-refractivity contribution >= 4 is 13.5 Å². The molecule has 1 heterocycles. The third-order valence-electron chi connectivity index (χ3n) is 3.03. The van der Waals surface area contributed by atoms with Gasteiger partial charge in [0.25, 0.3) is 5.82 Å². The van der Waals surface area contributed by atoms with Crippen molar-refractivity contribution in [3.63, 3.8) is 0 Å². The molecule has 0 aliphatic heterocycles. The van der Waals surface area contributed by atoms with Crippen molar-refractivity contribution in [2.24, 2.45) is 0 Å². The zero-order chi connectivity index (χ0) is 16.3. The maximum Gasteiger partial charge on any atom is 0.673 e. The summed E-state index contributed by atoms with van der Waals surface area (Å²) in [5.41, 5.74) is 0. The van der Waals surface area contributed by atoms with Gasteiger partial charge in [-0.1, -0.05) is 26.2 Å². The van der Waals surface area contributed by atoms with E-state index in [4.69, 9.17) is 0 Å². The number of imidazole rings is 1. The Balaban J connectivity index is 0.000000690. The molecule has 0 N–H and O–H groups in total. The lowest BCUT2D eigenvalue weighted by Gasteiger charge is -1.95. The summed E-state index contributed by atoms with van der Waals surface area (Å²) in [6.07, 6.45) is 15.3. The molecule has 0 spiro atoms. The van der Waals surface area contributed by atoms with Gasteiger partial charge in [-0.25, -0.2) is 9.13 Å². The molecule has 0 radical (unpaired) electrons. The van der Waals surface area contributed by atoms with Crippen LogP contribution in [0.15, 0.2) is 18.5 Å². The predicted molar refractivity (Wildman–Crippen MR) is 79.3 cm³/mol. The van der Waals surface area contributed by atoms with Gasteiger partial charge in [0.1, 0.15) is 12.4 Å². The minimum Gasteiger partial charge on any atom is -0.418 e. The Labute approximate surface area is 124 Å². The average Bonchev–Trinajstić information content (AvgIpc) is 2.72. The topological polar surface area (TPSA) is 8.81 Å². The Hall–Kier alpha value is -1.27. The highest BCUT2D eigenvalue weighted by atomic mass is 19.5. The Bertz CT molecular complexity index is 408. The standard InChI is InChI=1S/C14H25N2.BF4/c1-4-6-7-8-9-10-11-16-13-12-15(5-2)14(16)3;2-1(3,4)5/h10-13H,4-9H2,1-3H3;/q+1;-1. The van der Waals surface area contributed by atoms with Crippen LogP contribution in [0.4, 0.5) is 17.3 Å². The summed E-state index contributed by atoms with van der Waals surface area (Å²) in [5, 5.41) is 0. The number of hydrogen-bond acceptors (Lipinski definition) is 0. The summed E-state index contributed by atoms with van der Waals surface area (Å²) in [6.45, 7) is 7.63. The highest BCUT2D eigenvalue weighted by molar-refractivity contribution is 6.50. The lowest BCUT2D eigenvalue weighted by atomic mass is 10.1. The maximum atomic E-state index is 9.75. The third-order valence-corrected chi connectivity index (χ3v) is 3.03. The van der Waals surface area contributed by atoms with Gasteiger partial charge in [0.2, 0.25) is 0 Å². The summed E-state index contributed by atoms with van der Waals surface area (Å²) >= 11 is 0. The Morgan fingerprint density at radius 1 is 1.14 bits per heavy atom. The number of nitrogens with zero attached hydrogens (tertiary/aromatic N) is 2. The van der Waals surface area contributed by atoms with E-state index in [0.717, 1.165) is 6.54 Å². The molecule has 7 heteroatoms. The molecule has 21 heavy (non-hydrogen) atoms. The van der Waals surface area contributed by atoms with Crippen LogP contribution < -0.4 is 4.57 Å². The van der Waals surface area contributed by atoms with E-state index in [-0.39, 0.29) is 0 Å². The Morgan fingerprint density at radius 3 is 2.24 bits per heavy atom. The molecule has 0 aromatic carbocycles. The zero-order valence-electron chi connectivity index (χ0n) is 13.0. The Kier molecular flexibility index (Phi) is 9.83. The number of allylic oxidation sites excluding steroid dienone is 1. The number of halogens is 4. The lowest BCUT2D eigenvalue weighted by Crippen LogP contribution is -2.33. The second kappa shape index (κ2) is 10.5. The van der Waals surface area contributed by atoms with Crippen molar-refractivity contribution in [2.45, 2.75) is 59.4 Å². The molecule has 0 atom stereocenters. The van der Waals surface area contributed by atoms with E-state index in [0.29, 0.717) is 0 Å². The van der Waals surface area contributed by atoms with Crippen LogP contribution >= 0.6 is 0 Å². The van der Waals surface area contributed by atoms with E-state index >= 15 is 0 Å². The molecule has 0 aliphatic rings. The minimum atomic E-state index is -6.00. The fourth-order valence-corrected chi connectivity index (χ4v) is 1.89. The van der Waals surface area contributed by atoms with E-state index in [1.165, 1.54) is 37.9 Å². The first-order valence-electron chi connectivity index (χ1n) is 7.40. The van der Waals surface area contributed by atoms with Gasteiger partial charge >= 0.3 is 7.25 Å². The largest absolute Gasteiger partial charge is 0.673 e. The second-order valence-corrected chi connectivity index (χ2v) is 4.77. The first kappa shape index (κ1) is 19.7. The molecule has 0 fully saturated rings. The highest BCUT2D eigenvalue weighted by Gasteiger charge is 2.20. The number of rotatable bonds is 7. The SMILES string of the molecule is CCCCCCC=Cn1cc[n+](CC)c1C.F[B-](F)(F)F. The lowest BCUT2D eigenvalue weighted by molar-refractivity contribution is -0.698. The fraction of sp³-hybridized carbons (Fsp3) is 0.643. The van der Waals surface area contributed by atoms with Gasteiger partial charge in [0, 0.05) is 6.92 Å². The third kappa shape index (κ3) is 11.1. The summed E-state index contributed by atoms with van der Waals surface area (Å²) in [6, 6.07) is 0. The summed E-state index contributed by atoms with van der Waals surface area (Å²) in [4.78, 5) is 0. The smallest absolute Gasteiger partial charge is 0.418 e. The fourth-order valence-electron chi connectivity index (χ4n) is 1.89. The van der Waals surface area contributed by atoms with E-state index in [1.54, 1.807) is 0 Å². The second-order valence-electron chi connectivity index (χ2n) is 4.77. The van der Waals surface area contributed by atoms with Gasteiger partial charge in [0.05, 0.1) is 12.7 Å². The molecule has 2 nitrogen and oxygen atoms in total. The molecule has 0 amide bonds. The molecule has 0 unspecified atom stereocenters. The van der Waals surface area contributed by atoms with Gasteiger partial charge in [-0.05, 0) is 25.8 Å².